The van der Waals surface area contributed by atoms with Crippen molar-refractivity contribution in [1.29, 1.82) is 0 Å². The summed E-state index contributed by atoms with van der Waals surface area (Å²) in [6, 6.07) is 0.990. The van der Waals surface area contributed by atoms with Crippen molar-refractivity contribution in [3.63, 3.8) is 0 Å². The van der Waals surface area contributed by atoms with Gasteiger partial charge in [0.05, 0.1) is 48.9 Å². The second-order valence-electron chi connectivity index (χ2n) is 10.3. The van der Waals surface area contributed by atoms with Crippen LogP contribution in [0.25, 0.3) is 0 Å². The number of aromatic nitrogens is 4. The van der Waals surface area contributed by atoms with Crippen LogP contribution < -0.4 is 0 Å². The molecule has 0 spiro atoms. The molecule has 222 valence electrons. The van der Waals surface area contributed by atoms with E-state index in [0.29, 0.717) is 30.9 Å². The fourth-order valence-electron chi connectivity index (χ4n) is 5.19. The Bertz CT molecular complexity index is 1090. The van der Waals surface area contributed by atoms with Crippen molar-refractivity contribution >= 4 is 24.0 Å². The Kier molecular flexibility index (Phi) is 14.3. The molecule has 2 aliphatic carbocycles. The Balaban J connectivity index is 0.000000221. The topological polar surface area (TPSA) is 122 Å². The van der Waals surface area contributed by atoms with Crippen molar-refractivity contribution < 1.29 is 28.7 Å². The Hall–Kier alpha value is -3.30. The molecule has 0 aromatic carbocycles. The summed E-state index contributed by atoms with van der Waals surface area (Å²) in [6.45, 7) is 9.56. The third-order valence-corrected chi connectivity index (χ3v) is 7.29. The molecule has 0 radical (unpaired) electrons. The minimum atomic E-state index is -0.440. The monoisotopic (exact) mass is 558 g/mol. The summed E-state index contributed by atoms with van der Waals surface area (Å²) in [5.74, 6) is -0.856. The Labute approximate surface area is 237 Å². The molecule has 0 N–H and O–H groups in total. The lowest BCUT2D eigenvalue weighted by atomic mass is 9.95. The van der Waals surface area contributed by atoms with Crippen LogP contribution in [0.1, 0.15) is 136 Å². The summed E-state index contributed by atoms with van der Waals surface area (Å²) in [7, 11) is 0. The molecule has 2 aromatic rings. The van der Waals surface area contributed by atoms with Crippen molar-refractivity contribution in [2.24, 2.45) is 0 Å². The molecule has 0 amide bonds. The fraction of sp³-hybridized carbons (Fsp3) is 0.667. The second-order valence-corrected chi connectivity index (χ2v) is 10.3. The molecular weight excluding hydrogens is 512 g/mol. The Morgan fingerprint density at radius 3 is 1.77 bits per heavy atom. The first-order valence-electron chi connectivity index (χ1n) is 14.6. The van der Waals surface area contributed by atoms with Gasteiger partial charge in [-0.1, -0.05) is 38.5 Å². The van der Waals surface area contributed by atoms with Crippen molar-refractivity contribution in [3.05, 3.63) is 34.9 Å². The van der Waals surface area contributed by atoms with Gasteiger partial charge in [-0.3, -0.25) is 23.7 Å². The molecule has 0 saturated heterocycles. The maximum atomic E-state index is 11.7. The van der Waals surface area contributed by atoms with Crippen LogP contribution in [0.5, 0.6) is 0 Å². The van der Waals surface area contributed by atoms with Gasteiger partial charge < -0.3 is 9.47 Å². The van der Waals surface area contributed by atoms with E-state index < -0.39 is 5.97 Å². The van der Waals surface area contributed by atoms with E-state index >= 15 is 0 Å². The number of ether oxygens (including phenoxy) is 2. The molecule has 0 bridgehead atoms. The van der Waals surface area contributed by atoms with Gasteiger partial charge in [0, 0.05) is 5.69 Å². The molecule has 2 aromatic heterocycles. The quantitative estimate of drug-likeness (QED) is 0.223. The molecular formula is C30H46N4O6. The van der Waals surface area contributed by atoms with E-state index in [1.807, 2.05) is 30.1 Å². The SMILES string of the molecule is CCOC(=O)CC(C)=O.CCOC(=O)c1cnn(C2CCCCC2)c1C.Cc1c(C=O)cnn1C1CCCCC1. The van der Waals surface area contributed by atoms with Crippen LogP contribution in [-0.2, 0) is 19.1 Å². The van der Waals surface area contributed by atoms with Gasteiger partial charge in [-0.15, -0.1) is 0 Å². The van der Waals surface area contributed by atoms with Crippen LogP contribution in [-0.4, -0.2) is 56.8 Å². The largest absolute Gasteiger partial charge is 0.466 e. The standard InChI is InChI=1S/C13H20N2O2.C11H16N2O.C6H10O3/c1-3-17-13(16)12-9-14-15(10(12)2)11-7-5-4-6-8-11;1-9-10(8-14)7-12-13(9)11-5-3-2-4-6-11;1-3-9-6(8)4-5(2)7/h9,11H,3-8H2,1-2H3;7-8,11H,2-6H2,1H3;3-4H2,1-2H3. The van der Waals surface area contributed by atoms with Gasteiger partial charge >= 0.3 is 11.9 Å². The average molecular weight is 559 g/mol. The van der Waals surface area contributed by atoms with Gasteiger partial charge in [0.1, 0.15) is 17.8 Å². The summed E-state index contributed by atoms with van der Waals surface area (Å²) < 4.78 is 13.5. The number of nitrogens with zero attached hydrogens (tertiary/aromatic N) is 4. The van der Waals surface area contributed by atoms with Gasteiger partial charge in [0.15, 0.2) is 6.29 Å². The molecule has 0 atom stereocenters. The number of hydrogen-bond donors (Lipinski definition) is 0. The lowest BCUT2D eigenvalue weighted by molar-refractivity contribution is -0.145. The van der Waals surface area contributed by atoms with E-state index in [2.05, 4.69) is 14.9 Å². The molecule has 4 rings (SSSR count). The van der Waals surface area contributed by atoms with Crippen molar-refractivity contribution in [2.75, 3.05) is 13.2 Å². The maximum absolute atomic E-state index is 11.7. The smallest absolute Gasteiger partial charge is 0.341 e. The number of aldehydes is 1. The number of ketones is 1. The summed E-state index contributed by atoms with van der Waals surface area (Å²) in [5, 5.41) is 8.65. The van der Waals surface area contributed by atoms with Crippen LogP contribution >= 0.6 is 0 Å². The highest BCUT2D eigenvalue weighted by Crippen LogP contribution is 2.30. The molecule has 10 nitrogen and oxygen atoms in total. The first-order valence-corrected chi connectivity index (χ1v) is 14.6. The summed E-state index contributed by atoms with van der Waals surface area (Å²) in [6.07, 6.45) is 16.6. The first-order chi connectivity index (χ1) is 19.2. The normalized spacial score (nSPS) is 15.6. The van der Waals surface area contributed by atoms with Crippen molar-refractivity contribution in [2.45, 2.75) is 117 Å². The van der Waals surface area contributed by atoms with Gasteiger partial charge in [0.25, 0.3) is 0 Å². The first kappa shape index (κ1) is 32.9. The lowest BCUT2D eigenvalue weighted by Crippen LogP contribution is -2.16. The zero-order valence-electron chi connectivity index (χ0n) is 24.8. The zero-order chi connectivity index (χ0) is 29.5. The number of esters is 2. The van der Waals surface area contributed by atoms with E-state index in [-0.39, 0.29) is 18.2 Å². The minimum absolute atomic E-state index is 0.103. The van der Waals surface area contributed by atoms with E-state index in [4.69, 9.17) is 4.74 Å². The Morgan fingerprint density at radius 2 is 1.32 bits per heavy atom. The second kappa shape index (κ2) is 17.4. The van der Waals surface area contributed by atoms with Gasteiger partial charge in [-0.25, -0.2) is 4.79 Å². The van der Waals surface area contributed by atoms with Crippen LogP contribution in [0.4, 0.5) is 0 Å². The van der Waals surface area contributed by atoms with E-state index in [0.717, 1.165) is 23.2 Å². The number of rotatable bonds is 8. The van der Waals surface area contributed by atoms with Crippen molar-refractivity contribution in [1.82, 2.24) is 19.6 Å². The van der Waals surface area contributed by atoms with E-state index in [1.54, 1.807) is 19.3 Å². The van der Waals surface area contributed by atoms with Crippen LogP contribution in [0, 0.1) is 13.8 Å². The summed E-state index contributed by atoms with van der Waals surface area (Å²) in [4.78, 5) is 43.0. The minimum Gasteiger partial charge on any atom is -0.466 e. The van der Waals surface area contributed by atoms with Crippen LogP contribution in [0.2, 0.25) is 0 Å². The third kappa shape index (κ3) is 10.0. The van der Waals surface area contributed by atoms with Gasteiger partial charge in [0.2, 0.25) is 0 Å². The molecule has 2 aliphatic rings. The average Bonchev–Trinajstić information content (AvgIpc) is 3.52. The highest BCUT2D eigenvalue weighted by molar-refractivity contribution is 5.94. The number of carbonyl (C=O) groups is 4. The lowest BCUT2D eigenvalue weighted by Gasteiger charge is -2.23. The molecule has 40 heavy (non-hydrogen) atoms. The predicted octanol–water partition coefficient (Wildman–Crippen LogP) is 5.91. The van der Waals surface area contributed by atoms with Crippen LogP contribution in [0.3, 0.4) is 0 Å². The predicted molar refractivity (Wildman–Crippen MR) is 151 cm³/mol. The summed E-state index contributed by atoms with van der Waals surface area (Å²) in [5.41, 5.74) is 3.30. The van der Waals surface area contributed by atoms with Gasteiger partial charge in [-0.2, -0.15) is 10.2 Å². The molecule has 2 heterocycles. The van der Waals surface area contributed by atoms with Crippen molar-refractivity contribution in [3.8, 4) is 0 Å². The highest BCUT2D eigenvalue weighted by Gasteiger charge is 2.22. The zero-order valence-corrected chi connectivity index (χ0v) is 24.8. The summed E-state index contributed by atoms with van der Waals surface area (Å²) >= 11 is 0. The van der Waals surface area contributed by atoms with Gasteiger partial charge in [-0.05, 0) is 60.3 Å². The fourth-order valence-corrected chi connectivity index (χ4v) is 5.19. The van der Waals surface area contributed by atoms with E-state index in [1.165, 1.54) is 71.1 Å². The Morgan fingerprint density at radius 1 is 0.825 bits per heavy atom. The molecule has 2 saturated carbocycles. The van der Waals surface area contributed by atoms with E-state index in [9.17, 15) is 19.2 Å². The number of hydrogen-bond acceptors (Lipinski definition) is 8. The highest BCUT2D eigenvalue weighted by atomic mass is 16.5. The molecule has 0 unspecified atom stereocenters. The molecule has 0 aliphatic heterocycles. The molecule has 2 fully saturated rings. The third-order valence-electron chi connectivity index (χ3n) is 7.29. The molecule has 10 heteroatoms. The van der Waals surface area contributed by atoms with Crippen LogP contribution in [0.15, 0.2) is 12.4 Å². The number of Topliss-reactive ketones (excluding diaryl/α,β-unsaturated/α-hetero) is 1. The maximum Gasteiger partial charge on any atom is 0.341 e. The number of carbonyl (C=O) groups excluding carboxylic acids is 4.